The summed E-state index contributed by atoms with van der Waals surface area (Å²) in [7, 11) is 0.478. The molecule has 0 fully saturated rings. The highest BCUT2D eigenvalue weighted by Crippen LogP contribution is 2.28. The van der Waals surface area contributed by atoms with E-state index in [1.807, 2.05) is 6.92 Å². The van der Waals surface area contributed by atoms with Crippen molar-refractivity contribution in [1.29, 1.82) is 0 Å². The molecule has 0 heterocycles. The van der Waals surface area contributed by atoms with Crippen molar-refractivity contribution in [2.24, 2.45) is 0 Å². The number of benzene rings is 1. The number of rotatable bonds is 3. The lowest BCUT2D eigenvalue weighted by Crippen LogP contribution is -2.21. The average molecular weight is 252 g/mol. The highest BCUT2D eigenvalue weighted by atomic mass is 35.5. The third kappa shape index (κ3) is 2.48. The fraction of sp³-hybridized carbons (Fsp3) is 0.333. The predicted octanol–water partition coefficient (Wildman–Crippen LogP) is 2.97. The van der Waals surface area contributed by atoms with Crippen molar-refractivity contribution in [3.63, 3.8) is 0 Å². The van der Waals surface area contributed by atoms with E-state index in [1.54, 1.807) is 29.6 Å². The Bertz CT molecular complexity index is 336. The molecule has 0 saturated carbocycles. The number of nitrogens with zero attached hydrogens (tertiary/aromatic N) is 1. The molecule has 0 aliphatic heterocycles. The van der Waals surface area contributed by atoms with E-state index in [9.17, 15) is 4.21 Å². The van der Waals surface area contributed by atoms with Gasteiger partial charge in [0, 0.05) is 13.6 Å². The summed E-state index contributed by atoms with van der Waals surface area (Å²) < 4.78 is 13.6. The van der Waals surface area contributed by atoms with Gasteiger partial charge in [0.1, 0.15) is 11.0 Å². The molecule has 1 aromatic carbocycles. The van der Waals surface area contributed by atoms with Gasteiger partial charge in [-0.15, -0.1) is 0 Å². The van der Waals surface area contributed by atoms with Gasteiger partial charge in [-0.2, -0.15) is 0 Å². The first-order valence-corrected chi connectivity index (χ1v) is 6.01. The number of hydrogen-bond acceptors (Lipinski definition) is 1. The van der Waals surface area contributed by atoms with Crippen LogP contribution in [0.1, 0.15) is 6.92 Å². The second-order valence-electron chi connectivity index (χ2n) is 2.74. The Morgan fingerprint density at radius 3 is 2.29 bits per heavy atom. The first-order chi connectivity index (χ1) is 6.57. The summed E-state index contributed by atoms with van der Waals surface area (Å²) in [6.45, 7) is 2.59. The van der Waals surface area contributed by atoms with Crippen LogP contribution in [-0.2, 0) is 11.0 Å². The lowest BCUT2D eigenvalue weighted by atomic mass is 10.4. The van der Waals surface area contributed by atoms with Gasteiger partial charge in [0.25, 0.3) is 0 Å². The summed E-state index contributed by atoms with van der Waals surface area (Å²) in [5.74, 6) is 0. The van der Waals surface area contributed by atoms with E-state index >= 15 is 0 Å². The highest BCUT2D eigenvalue weighted by molar-refractivity contribution is 7.83. The molecule has 1 unspecified atom stereocenters. The maximum atomic E-state index is 11.9. The van der Waals surface area contributed by atoms with Gasteiger partial charge in [-0.3, -0.25) is 0 Å². The van der Waals surface area contributed by atoms with Gasteiger partial charge in [-0.25, -0.2) is 8.51 Å². The van der Waals surface area contributed by atoms with E-state index in [2.05, 4.69) is 0 Å². The highest BCUT2D eigenvalue weighted by Gasteiger charge is 2.15. The van der Waals surface area contributed by atoms with Crippen LogP contribution in [0.3, 0.4) is 0 Å². The summed E-state index contributed by atoms with van der Waals surface area (Å²) in [5, 5.41) is 0.882. The Morgan fingerprint density at radius 1 is 1.36 bits per heavy atom. The molecule has 0 amide bonds. The molecule has 0 N–H and O–H groups in total. The van der Waals surface area contributed by atoms with Crippen LogP contribution in [0.4, 0.5) is 0 Å². The molecule has 0 aliphatic rings. The van der Waals surface area contributed by atoms with Crippen molar-refractivity contribution in [1.82, 2.24) is 4.31 Å². The molecule has 5 heteroatoms. The van der Waals surface area contributed by atoms with Crippen LogP contribution in [-0.4, -0.2) is 22.1 Å². The summed E-state index contributed by atoms with van der Waals surface area (Å²) >= 11 is 11.8. The van der Waals surface area contributed by atoms with Gasteiger partial charge >= 0.3 is 0 Å². The quantitative estimate of drug-likeness (QED) is 0.809. The minimum absolute atomic E-state index is 0.441. The maximum absolute atomic E-state index is 11.9. The van der Waals surface area contributed by atoms with E-state index in [1.165, 1.54) is 0 Å². The van der Waals surface area contributed by atoms with Gasteiger partial charge in [0.2, 0.25) is 0 Å². The second-order valence-corrected chi connectivity index (χ2v) is 5.09. The molecule has 0 spiro atoms. The van der Waals surface area contributed by atoms with Gasteiger partial charge in [0.05, 0.1) is 14.9 Å². The SMILES string of the molecule is CCN(C)S(=O)c1c(Cl)cccc1Cl. The van der Waals surface area contributed by atoms with Crippen LogP contribution in [0.25, 0.3) is 0 Å². The fourth-order valence-electron chi connectivity index (χ4n) is 0.922. The Hall–Kier alpha value is -0.0900. The average Bonchev–Trinajstić information content (AvgIpc) is 2.16. The molecule has 0 aromatic heterocycles. The first kappa shape index (κ1) is 12.0. The molecule has 2 nitrogen and oxygen atoms in total. The van der Waals surface area contributed by atoms with Crippen molar-refractivity contribution in [3.05, 3.63) is 28.2 Å². The summed E-state index contributed by atoms with van der Waals surface area (Å²) in [4.78, 5) is 0.486. The molecule has 1 aromatic rings. The van der Waals surface area contributed by atoms with Gasteiger partial charge in [0.15, 0.2) is 0 Å². The van der Waals surface area contributed by atoms with Crippen LogP contribution >= 0.6 is 23.2 Å². The van der Waals surface area contributed by atoms with Crippen LogP contribution in [0, 0.1) is 0 Å². The normalized spacial score (nSPS) is 13.2. The maximum Gasteiger partial charge on any atom is 0.130 e. The van der Waals surface area contributed by atoms with Gasteiger partial charge in [-0.05, 0) is 12.1 Å². The Balaban J connectivity index is 3.12. The molecule has 0 aliphatic carbocycles. The summed E-state index contributed by atoms with van der Waals surface area (Å²) in [6, 6.07) is 5.10. The zero-order valence-electron chi connectivity index (χ0n) is 7.96. The zero-order chi connectivity index (χ0) is 10.7. The molecule has 78 valence electrons. The van der Waals surface area contributed by atoms with Crippen LogP contribution < -0.4 is 0 Å². The molecular weight excluding hydrogens is 241 g/mol. The lowest BCUT2D eigenvalue weighted by Gasteiger charge is -2.14. The van der Waals surface area contributed by atoms with Crippen LogP contribution in [0.5, 0.6) is 0 Å². The predicted molar refractivity (Wildman–Crippen MR) is 61.2 cm³/mol. The molecule has 14 heavy (non-hydrogen) atoms. The molecule has 0 saturated heterocycles. The zero-order valence-corrected chi connectivity index (χ0v) is 10.3. The second kappa shape index (κ2) is 5.12. The van der Waals surface area contributed by atoms with E-state index < -0.39 is 11.0 Å². The molecule has 0 bridgehead atoms. The third-order valence-electron chi connectivity index (χ3n) is 1.82. The van der Waals surface area contributed by atoms with E-state index in [-0.39, 0.29) is 0 Å². The van der Waals surface area contributed by atoms with Crippen LogP contribution in [0.15, 0.2) is 23.1 Å². The molecule has 1 rings (SSSR count). The minimum atomic E-state index is -1.28. The smallest absolute Gasteiger partial charge is 0.130 e. The monoisotopic (exact) mass is 251 g/mol. The molecular formula is C9H11Cl2NOS. The molecule has 1 atom stereocenters. The van der Waals surface area contributed by atoms with Crippen molar-refractivity contribution in [3.8, 4) is 0 Å². The van der Waals surface area contributed by atoms with E-state index in [4.69, 9.17) is 23.2 Å². The standard InChI is InChI=1S/C9H11Cl2NOS/c1-3-12(2)14(13)9-7(10)5-4-6-8(9)11/h4-6H,3H2,1-2H3. The summed E-state index contributed by atoms with van der Waals surface area (Å²) in [5.41, 5.74) is 0. The topological polar surface area (TPSA) is 20.3 Å². The van der Waals surface area contributed by atoms with Gasteiger partial charge in [-0.1, -0.05) is 36.2 Å². The molecule has 0 radical (unpaired) electrons. The minimum Gasteiger partial charge on any atom is -0.237 e. The third-order valence-corrected chi connectivity index (χ3v) is 4.29. The Labute approximate surface area is 96.4 Å². The van der Waals surface area contributed by atoms with Crippen molar-refractivity contribution < 1.29 is 4.21 Å². The van der Waals surface area contributed by atoms with Crippen molar-refractivity contribution >= 4 is 34.2 Å². The number of hydrogen-bond donors (Lipinski definition) is 0. The lowest BCUT2D eigenvalue weighted by molar-refractivity contribution is 0.548. The Morgan fingerprint density at radius 2 is 1.86 bits per heavy atom. The first-order valence-electron chi connectivity index (χ1n) is 4.15. The number of halogens is 2. The van der Waals surface area contributed by atoms with Gasteiger partial charge < -0.3 is 0 Å². The fourth-order valence-corrected chi connectivity index (χ4v) is 2.73. The van der Waals surface area contributed by atoms with Crippen molar-refractivity contribution in [2.45, 2.75) is 11.8 Å². The van der Waals surface area contributed by atoms with Crippen LogP contribution in [0.2, 0.25) is 10.0 Å². The van der Waals surface area contributed by atoms with Crippen molar-refractivity contribution in [2.75, 3.05) is 13.6 Å². The largest absolute Gasteiger partial charge is 0.237 e. The summed E-state index contributed by atoms with van der Waals surface area (Å²) in [6.07, 6.45) is 0. The van der Waals surface area contributed by atoms with E-state index in [0.29, 0.717) is 21.5 Å². The Kier molecular flexibility index (Phi) is 4.38. The van der Waals surface area contributed by atoms with E-state index in [0.717, 1.165) is 0 Å².